The van der Waals surface area contributed by atoms with Crippen molar-refractivity contribution in [3.05, 3.63) is 65.1 Å². The Kier molecular flexibility index (Phi) is 5.87. The highest BCUT2D eigenvalue weighted by atomic mass is 19.4. The number of rotatable bonds is 7. The molecule has 11 heteroatoms. The molecular formula is C19H16F3N7O. The molecule has 0 aliphatic heterocycles. The quantitative estimate of drug-likeness (QED) is 0.468. The Morgan fingerprint density at radius 1 is 1.23 bits per heavy atom. The summed E-state index contributed by atoms with van der Waals surface area (Å²) >= 11 is 0. The Hall–Kier alpha value is -4.07. The number of hydrogen-bond donors (Lipinski definition) is 4. The van der Waals surface area contributed by atoms with Crippen molar-refractivity contribution >= 4 is 23.1 Å². The van der Waals surface area contributed by atoms with E-state index in [1.807, 2.05) is 6.07 Å². The van der Waals surface area contributed by atoms with Gasteiger partial charge in [-0.05, 0) is 11.6 Å². The molecule has 1 amide bonds. The number of aromatic amines is 1. The lowest BCUT2D eigenvalue weighted by molar-refractivity contribution is -0.137. The number of benzene rings is 1. The number of carbonyl (C=O) groups excluding carboxylic acids is 1. The Balaban J connectivity index is 1.90. The highest BCUT2D eigenvalue weighted by Gasteiger charge is 2.34. The van der Waals surface area contributed by atoms with Gasteiger partial charge < -0.3 is 16.4 Å². The number of nitrogens with zero attached hydrogens (tertiary/aromatic N) is 3. The minimum atomic E-state index is -4.64. The number of halogens is 3. The van der Waals surface area contributed by atoms with Gasteiger partial charge in [-0.25, -0.2) is 4.98 Å². The average molecular weight is 415 g/mol. The van der Waals surface area contributed by atoms with Crippen LogP contribution in [0.5, 0.6) is 0 Å². The molecule has 0 bridgehead atoms. The number of pyridine rings is 1. The van der Waals surface area contributed by atoms with E-state index in [0.29, 0.717) is 23.1 Å². The first-order valence-corrected chi connectivity index (χ1v) is 8.64. The maximum absolute atomic E-state index is 13.4. The molecule has 3 rings (SSSR count). The summed E-state index contributed by atoms with van der Waals surface area (Å²) in [5, 5.41) is 20.8. The van der Waals surface area contributed by atoms with E-state index in [1.165, 1.54) is 18.3 Å². The molecule has 1 aromatic carbocycles. The summed E-state index contributed by atoms with van der Waals surface area (Å²) in [7, 11) is 0. The molecule has 0 radical (unpaired) electrons. The molecular weight excluding hydrogens is 399 g/mol. The highest BCUT2D eigenvalue weighted by Crippen LogP contribution is 2.36. The zero-order valence-electron chi connectivity index (χ0n) is 15.4. The van der Waals surface area contributed by atoms with Crippen molar-refractivity contribution in [2.24, 2.45) is 5.73 Å². The van der Waals surface area contributed by atoms with Gasteiger partial charge in [0, 0.05) is 24.4 Å². The van der Waals surface area contributed by atoms with Crippen LogP contribution >= 0.6 is 0 Å². The molecule has 5 N–H and O–H groups in total. The SMILES string of the molecule is N#CCc1[nH]ncc1Nc1cc(NCc2ccccc2C(N)=O)c(C(F)(F)F)cn1. The van der Waals surface area contributed by atoms with Gasteiger partial charge in [-0.1, -0.05) is 18.2 Å². The van der Waals surface area contributed by atoms with E-state index in [1.54, 1.807) is 18.2 Å². The zero-order chi connectivity index (χ0) is 21.7. The van der Waals surface area contributed by atoms with E-state index in [9.17, 15) is 18.0 Å². The van der Waals surface area contributed by atoms with Crippen molar-refractivity contribution in [2.75, 3.05) is 10.6 Å². The van der Waals surface area contributed by atoms with Crippen LogP contribution in [-0.2, 0) is 19.1 Å². The Morgan fingerprint density at radius 2 is 2.00 bits per heavy atom. The normalized spacial score (nSPS) is 11.0. The van der Waals surface area contributed by atoms with Crippen LogP contribution in [0.2, 0.25) is 0 Å². The molecule has 2 heterocycles. The van der Waals surface area contributed by atoms with Crippen molar-refractivity contribution in [3.8, 4) is 6.07 Å². The summed E-state index contributed by atoms with van der Waals surface area (Å²) in [6.07, 6.45) is -2.49. The molecule has 0 unspecified atom stereocenters. The Morgan fingerprint density at radius 3 is 2.70 bits per heavy atom. The lowest BCUT2D eigenvalue weighted by Gasteiger charge is -2.16. The molecule has 0 saturated carbocycles. The lowest BCUT2D eigenvalue weighted by Crippen LogP contribution is -2.16. The summed E-state index contributed by atoms with van der Waals surface area (Å²) in [6, 6.07) is 9.52. The average Bonchev–Trinajstić information content (AvgIpc) is 3.13. The number of amides is 1. The van der Waals surface area contributed by atoms with Crippen molar-refractivity contribution in [1.29, 1.82) is 5.26 Å². The molecule has 154 valence electrons. The minimum absolute atomic E-state index is 0.0397. The second-order valence-electron chi connectivity index (χ2n) is 6.21. The number of aromatic nitrogens is 3. The highest BCUT2D eigenvalue weighted by molar-refractivity contribution is 5.94. The summed E-state index contributed by atoms with van der Waals surface area (Å²) in [4.78, 5) is 15.4. The molecule has 2 aromatic heterocycles. The first-order chi connectivity index (χ1) is 14.3. The van der Waals surface area contributed by atoms with Crippen molar-refractivity contribution < 1.29 is 18.0 Å². The van der Waals surface area contributed by atoms with Gasteiger partial charge in [0.25, 0.3) is 0 Å². The summed E-state index contributed by atoms with van der Waals surface area (Å²) in [5.41, 5.74) is 5.70. The number of primary amides is 1. The Bertz CT molecular complexity index is 1100. The second-order valence-corrected chi connectivity index (χ2v) is 6.21. The van der Waals surface area contributed by atoms with E-state index < -0.39 is 17.6 Å². The van der Waals surface area contributed by atoms with E-state index >= 15 is 0 Å². The fourth-order valence-corrected chi connectivity index (χ4v) is 2.77. The minimum Gasteiger partial charge on any atom is -0.380 e. The van der Waals surface area contributed by atoms with E-state index in [2.05, 4.69) is 25.8 Å². The predicted octanol–water partition coefficient (Wildman–Crippen LogP) is 3.34. The molecule has 0 aliphatic carbocycles. The van der Waals surface area contributed by atoms with Gasteiger partial charge in [0.1, 0.15) is 5.82 Å². The van der Waals surface area contributed by atoms with Gasteiger partial charge in [0.05, 0.1) is 41.3 Å². The fourth-order valence-electron chi connectivity index (χ4n) is 2.77. The topological polar surface area (TPSA) is 133 Å². The van der Waals surface area contributed by atoms with Gasteiger partial charge in [0.15, 0.2) is 0 Å². The van der Waals surface area contributed by atoms with Gasteiger partial charge >= 0.3 is 6.18 Å². The molecule has 3 aromatic rings. The van der Waals surface area contributed by atoms with Gasteiger partial charge in [-0.15, -0.1) is 0 Å². The van der Waals surface area contributed by atoms with Crippen LogP contribution in [0.1, 0.15) is 27.2 Å². The smallest absolute Gasteiger partial charge is 0.380 e. The van der Waals surface area contributed by atoms with Gasteiger partial charge in [0.2, 0.25) is 5.91 Å². The number of nitrogens with one attached hydrogen (secondary N) is 3. The lowest BCUT2D eigenvalue weighted by atomic mass is 10.1. The van der Waals surface area contributed by atoms with Crippen LogP contribution < -0.4 is 16.4 Å². The third-order valence-corrected chi connectivity index (χ3v) is 4.20. The molecule has 0 fully saturated rings. The monoisotopic (exact) mass is 415 g/mol. The van der Waals surface area contributed by atoms with Crippen LogP contribution in [0, 0.1) is 11.3 Å². The van der Waals surface area contributed by atoms with Crippen LogP contribution in [0.3, 0.4) is 0 Å². The third-order valence-electron chi connectivity index (χ3n) is 4.20. The number of alkyl halides is 3. The summed E-state index contributed by atoms with van der Waals surface area (Å²) < 4.78 is 40.3. The molecule has 0 saturated heterocycles. The summed E-state index contributed by atoms with van der Waals surface area (Å²) in [6.45, 7) is -0.0585. The van der Waals surface area contributed by atoms with Gasteiger partial charge in [-0.3, -0.25) is 9.89 Å². The van der Waals surface area contributed by atoms with Gasteiger partial charge in [-0.2, -0.15) is 23.5 Å². The summed E-state index contributed by atoms with van der Waals surface area (Å²) in [5.74, 6) is -0.556. The number of nitrogens with two attached hydrogens (primary N) is 1. The molecule has 0 aliphatic rings. The van der Waals surface area contributed by atoms with E-state index in [0.717, 1.165) is 0 Å². The van der Waals surface area contributed by atoms with Crippen molar-refractivity contribution in [2.45, 2.75) is 19.1 Å². The maximum atomic E-state index is 13.4. The number of anilines is 3. The first-order valence-electron chi connectivity index (χ1n) is 8.64. The van der Waals surface area contributed by atoms with Crippen molar-refractivity contribution in [1.82, 2.24) is 15.2 Å². The predicted molar refractivity (Wildman–Crippen MR) is 103 cm³/mol. The number of carbonyl (C=O) groups is 1. The van der Waals surface area contributed by atoms with Crippen LogP contribution in [-0.4, -0.2) is 21.1 Å². The first kappa shape index (κ1) is 20.7. The number of H-pyrrole nitrogens is 1. The fraction of sp³-hybridized carbons (Fsp3) is 0.158. The standard InChI is InChI=1S/C19H16F3N7O/c20-19(21,22)13-9-26-17(28-16-10-27-29-14(16)5-6-23)7-15(13)25-8-11-3-1-2-4-12(11)18(24)30/h1-4,7,9-10H,5,8H2,(H2,24,30)(H,27,29)(H2,25,26,28). The largest absolute Gasteiger partial charge is 0.419 e. The zero-order valence-corrected chi connectivity index (χ0v) is 15.4. The van der Waals surface area contributed by atoms with Crippen LogP contribution in [0.4, 0.5) is 30.4 Å². The Labute approximate surface area is 168 Å². The number of nitriles is 1. The van der Waals surface area contributed by atoms with Crippen LogP contribution in [0.15, 0.2) is 42.7 Å². The van der Waals surface area contributed by atoms with Crippen LogP contribution in [0.25, 0.3) is 0 Å². The second kappa shape index (κ2) is 8.52. The molecule has 30 heavy (non-hydrogen) atoms. The van der Waals surface area contributed by atoms with Crippen molar-refractivity contribution in [3.63, 3.8) is 0 Å². The maximum Gasteiger partial charge on any atom is 0.419 e. The van der Waals surface area contributed by atoms with E-state index in [-0.39, 0.29) is 30.0 Å². The molecule has 8 nitrogen and oxygen atoms in total. The third kappa shape index (κ3) is 4.67. The molecule has 0 atom stereocenters. The van der Waals surface area contributed by atoms with E-state index in [4.69, 9.17) is 11.0 Å². The number of hydrogen-bond acceptors (Lipinski definition) is 6. The molecule has 0 spiro atoms.